The average Bonchev–Trinajstić information content (AvgIpc) is 2.97. The van der Waals surface area contributed by atoms with E-state index >= 15 is 0 Å². The maximum Gasteiger partial charge on any atom is 0.233 e. The van der Waals surface area contributed by atoms with Crippen molar-refractivity contribution >= 4 is 39.2 Å². The largest absolute Gasteiger partial charge is 0.497 e. The van der Waals surface area contributed by atoms with E-state index in [1.54, 1.807) is 24.8 Å². The Kier molecular flexibility index (Phi) is 6.34. The van der Waals surface area contributed by atoms with E-state index in [1.807, 2.05) is 31.2 Å². The maximum atomic E-state index is 12.5. The number of nitrogens with one attached hydrogen (secondary N) is 1. The summed E-state index contributed by atoms with van der Waals surface area (Å²) in [5.74, 6) is 0.854. The first-order chi connectivity index (χ1) is 13.0. The fraction of sp³-hybridized carbons (Fsp3) is 0.350. The fourth-order valence-corrected chi connectivity index (χ4v) is 4.79. The molecule has 142 valence electrons. The van der Waals surface area contributed by atoms with Crippen LogP contribution in [0.4, 0.5) is 0 Å². The minimum Gasteiger partial charge on any atom is -0.497 e. The van der Waals surface area contributed by atoms with Crippen molar-refractivity contribution in [2.75, 3.05) is 13.7 Å². The molecule has 0 aliphatic heterocycles. The Morgan fingerprint density at radius 1 is 1.26 bits per heavy atom. The molecule has 2 aromatic heterocycles. The number of hydrogen-bond acceptors (Lipinski definition) is 6. The van der Waals surface area contributed by atoms with Gasteiger partial charge in [-0.15, -0.1) is 11.3 Å². The lowest BCUT2D eigenvalue weighted by Crippen LogP contribution is -2.32. The van der Waals surface area contributed by atoms with Gasteiger partial charge in [0.1, 0.15) is 21.9 Å². The van der Waals surface area contributed by atoms with E-state index in [9.17, 15) is 4.79 Å². The summed E-state index contributed by atoms with van der Waals surface area (Å²) in [5.41, 5.74) is 2.36. The van der Waals surface area contributed by atoms with Crippen LogP contribution in [0.5, 0.6) is 5.75 Å². The predicted molar refractivity (Wildman–Crippen MR) is 112 cm³/mol. The van der Waals surface area contributed by atoms with Crippen LogP contribution >= 0.6 is 23.1 Å². The summed E-state index contributed by atoms with van der Waals surface area (Å²) < 4.78 is 5.16. The molecule has 5 nitrogen and oxygen atoms in total. The van der Waals surface area contributed by atoms with Gasteiger partial charge in [-0.2, -0.15) is 0 Å². The van der Waals surface area contributed by atoms with E-state index in [0.717, 1.165) is 27.4 Å². The summed E-state index contributed by atoms with van der Waals surface area (Å²) in [4.78, 5) is 23.5. The maximum absolute atomic E-state index is 12.5. The molecule has 0 spiro atoms. The second-order valence-electron chi connectivity index (χ2n) is 6.29. The van der Waals surface area contributed by atoms with Gasteiger partial charge >= 0.3 is 0 Å². The van der Waals surface area contributed by atoms with Crippen molar-refractivity contribution in [1.82, 2.24) is 15.3 Å². The number of carbonyl (C=O) groups excluding carboxylic acids is 1. The van der Waals surface area contributed by atoms with E-state index < -0.39 is 0 Å². The monoisotopic (exact) mass is 401 g/mol. The minimum absolute atomic E-state index is 0.0184. The molecule has 1 N–H and O–H groups in total. The zero-order chi connectivity index (χ0) is 19.4. The summed E-state index contributed by atoms with van der Waals surface area (Å²) in [6.07, 6.45) is 2.36. The average molecular weight is 402 g/mol. The Bertz CT molecular complexity index is 938. The van der Waals surface area contributed by atoms with Crippen LogP contribution in [-0.2, 0) is 11.2 Å². The van der Waals surface area contributed by atoms with Gasteiger partial charge < -0.3 is 10.1 Å². The Morgan fingerprint density at radius 2 is 2.00 bits per heavy atom. The summed E-state index contributed by atoms with van der Waals surface area (Å²) in [6, 6.07) is 7.90. The van der Waals surface area contributed by atoms with Gasteiger partial charge in [-0.25, -0.2) is 9.97 Å². The number of nitrogens with zero attached hydrogens (tertiary/aromatic N) is 2. The van der Waals surface area contributed by atoms with Gasteiger partial charge in [0.05, 0.1) is 12.4 Å². The zero-order valence-electron chi connectivity index (χ0n) is 15.9. The van der Waals surface area contributed by atoms with Crippen molar-refractivity contribution in [2.24, 2.45) is 0 Å². The van der Waals surface area contributed by atoms with Crippen molar-refractivity contribution in [3.8, 4) is 5.75 Å². The summed E-state index contributed by atoms with van der Waals surface area (Å²) >= 11 is 3.16. The standard InChI is InChI=1S/C20H23N3O2S2/c1-12-13(2)26-19-17(12)20(23-11-22-19)27-14(3)18(24)21-10-9-15-5-7-16(25-4)8-6-15/h5-8,11,14H,9-10H2,1-4H3,(H,21,24)/t14-/m0/s1. The van der Waals surface area contributed by atoms with Crippen LogP contribution < -0.4 is 10.1 Å². The summed E-state index contributed by atoms with van der Waals surface area (Å²) in [7, 11) is 1.65. The lowest BCUT2D eigenvalue weighted by molar-refractivity contribution is -0.120. The first-order valence-electron chi connectivity index (χ1n) is 8.77. The molecule has 2 heterocycles. The van der Waals surface area contributed by atoms with Crippen LogP contribution in [0.3, 0.4) is 0 Å². The van der Waals surface area contributed by atoms with Crippen molar-refractivity contribution in [3.63, 3.8) is 0 Å². The third kappa shape index (κ3) is 4.59. The Morgan fingerprint density at radius 3 is 2.70 bits per heavy atom. The summed E-state index contributed by atoms with van der Waals surface area (Å²) in [6.45, 7) is 6.69. The molecule has 0 fully saturated rings. The molecule has 0 bridgehead atoms. The molecule has 3 rings (SSSR count). The Balaban J connectivity index is 1.58. The molecule has 0 aliphatic carbocycles. The quantitative estimate of drug-likeness (QED) is 0.476. The molecule has 0 unspecified atom stereocenters. The Hall–Kier alpha value is -2.12. The van der Waals surface area contributed by atoms with E-state index in [2.05, 4.69) is 29.1 Å². The second-order valence-corrected chi connectivity index (χ2v) is 8.82. The van der Waals surface area contributed by atoms with Crippen molar-refractivity contribution < 1.29 is 9.53 Å². The zero-order valence-corrected chi connectivity index (χ0v) is 17.5. The first kappa shape index (κ1) is 19.6. The summed E-state index contributed by atoms with van der Waals surface area (Å²) in [5, 5.41) is 4.74. The topological polar surface area (TPSA) is 64.1 Å². The van der Waals surface area contributed by atoms with Crippen molar-refractivity contribution in [1.29, 1.82) is 0 Å². The van der Waals surface area contributed by atoms with Gasteiger partial charge in [0, 0.05) is 16.8 Å². The molecular formula is C20H23N3O2S2. The first-order valence-corrected chi connectivity index (χ1v) is 10.5. The molecule has 27 heavy (non-hydrogen) atoms. The molecule has 1 atom stereocenters. The SMILES string of the molecule is COc1ccc(CCNC(=O)[C@H](C)Sc2ncnc3sc(C)c(C)c23)cc1. The van der Waals surface area contributed by atoms with Gasteiger partial charge in [-0.3, -0.25) is 4.79 Å². The minimum atomic E-state index is -0.224. The van der Waals surface area contributed by atoms with E-state index in [-0.39, 0.29) is 11.2 Å². The predicted octanol–water partition coefficient (Wildman–Crippen LogP) is 4.16. The highest BCUT2D eigenvalue weighted by Crippen LogP contribution is 2.35. The van der Waals surface area contributed by atoms with Gasteiger partial charge in [0.15, 0.2) is 0 Å². The lowest BCUT2D eigenvalue weighted by Gasteiger charge is -2.12. The van der Waals surface area contributed by atoms with Crippen LogP contribution in [0.15, 0.2) is 35.6 Å². The van der Waals surface area contributed by atoms with Gasteiger partial charge in [-0.1, -0.05) is 23.9 Å². The number of thiophene rings is 1. The van der Waals surface area contributed by atoms with Gasteiger partial charge in [0.2, 0.25) is 5.91 Å². The number of aryl methyl sites for hydroxylation is 2. The molecule has 1 amide bonds. The van der Waals surface area contributed by atoms with Crippen LogP contribution in [0.25, 0.3) is 10.2 Å². The van der Waals surface area contributed by atoms with Crippen molar-refractivity contribution in [3.05, 3.63) is 46.6 Å². The van der Waals surface area contributed by atoms with Gasteiger partial charge in [-0.05, 0) is 50.5 Å². The lowest BCUT2D eigenvalue weighted by atomic mass is 10.1. The number of thioether (sulfide) groups is 1. The number of methoxy groups -OCH3 is 1. The second kappa shape index (κ2) is 8.71. The number of aromatic nitrogens is 2. The molecule has 0 aliphatic rings. The smallest absolute Gasteiger partial charge is 0.233 e. The van der Waals surface area contributed by atoms with Crippen LogP contribution in [0.1, 0.15) is 22.9 Å². The molecular weight excluding hydrogens is 378 g/mol. The number of hydrogen-bond donors (Lipinski definition) is 1. The van der Waals surface area contributed by atoms with Crippen LogP contribution in [0.2, 0.25) is 0 Å². The van der Waals surface area contributed by atoms with Crippen molar-refractivity contribution in [2.45, 2.75) is 37.5 Å². The molecule has 3 aromatic rings. The number of amides is 1. The highest BCUT2D eigenvalue weighted by atomic mass is 32.2. The molecule has 1 aromatic carbocycles. The number of benzene rings is 1. The normalized spacial score (nSPS) is 12.1. The van der Waals surface area contributed by atoms with Crippen LogP contribution in [0, 0.1) is 13.8 Å². The van der Waals surface area contributed by atoms with E-state index in [0.29, 0.717) is 6.54 Å². The molecule has 0 saturated heterocycles. The number of carbonyl (C=O) groups is 1. The van der Waals surface area contributed by atoms with E-state index in [1.165, 1.54) is 27.8 Å². The van der Waals surface area contributed by atoms with Crippen LogP contribution in [-0.4, -0.2) is 34.8 Å². The highest BCUT2D eigenvalue weighted by Gasteiger charge is 2.19. The third-order valence-corrected chi connectivity index (χ3v) is 6.68. The van der Waals surface area contributed by atoms with E-state index in [4.69, 9.17) is 4.74 Å². The number of rotatable bonds is 7. The molecule has 7 heteroatoms. The number of ether oxygens (including phenoxy) is 1. The Labute approximate surface area is 167 Å². The fourth-order valence-electron chi connectivity index (χ4n) is 2.73. The number of fused-ring (bicyclic) bond motifs is 1. The van der Waals surface area contributed by atoms with Gasteiger partial charge in [0.25, 0.3) is 0 Å². The third-order valence-electron chi connectivity index (χ3n) is 4.46. The molecule has 0 saturated carbocycles. The molecule has 0 radical (unpaired) electrons. The highest BCUT2D eigenvalue weighted by molar-refractivity contribution is 8.00.